The Morgan fingerprint density at radius 2 is 1.81 bits per heavy atom. The largest absolute Gasteiger partial charge is 0.493 e. The Kier molecular flexibility index (Phi) is 5.98. The van der Waals surface area contributed by atoms with Gasteiger partial charge in [0.05, 0.1) is 32.1 Å². The van der Waals surface area contributed by atoms with Crippen molar-refractivity contribution in [2.75, 3.05) is 20.8 Å². The molecule has 31 heavy (non-hydrogen) atoms. The molecule has 1 aromatic carbocycles. The summed E-state index contributed by atoms with van der Waals surface area (Å²) < 4.78 is 18.9. The van der Waals surface area contributed by atoms with Gasteiger partial charge in [-0.1, -0.05) is 13.3 Å². The number of aryl methyl sites for hydroxylation is 1. The van der Waals surface area contributed by atoms with Gasteiger partial charge in [-0.15, -0.1) is 0 Å². The van der Waals surface area contributed by atoms with Gasteiger partial charge in [-0.25, -0.2) is 4.79 Å². The SMILES string of the molecule is CCCc1c(-c2ccncc2)c(C(=O)OCC)c2n1CCc1cc(OC)c(OC)cc1-2. The molecule has 0 radical (unpaired) electrons. The van der Waals surface area contributed by atoms with Crippen LogP contribution in [0.4, 0.5) is 0 Å². The molecule has 162 valence electrons. The second-order valence-electron chi connectivity index (χ2n) is 7.52. The molecule has 0 amide bonds. The molecule has 0 aliphatic carbocycles. The van der Waals surface area contributed by atoms with Crippen LogP contribution in [0.25, 0.3) is 22.4 Å². The lowest BCUT2D eigenvalue weighted by molar-refractivity contribution is 0.0528. The van der Waals surface area contributed by atoms with Crippen molar-refractivity contribution in [3.05, 3.63) is 53.5 Å². The van der Waals surface area contributed by atoms with Crippen molar-refractivity contribution in [3.63, 3.8) is 0 Å². The fourth-order valence-electron chi connectivity index (χ4n) is 4.50. The summed E-state index contributed by atoms with van der Waals surface area (Å²) in [5.41, 5.74) is 6.72. The van der Waals surface area contributed by atoms with Crippen LogP contribution in [0.15, 0.2) is 36.7 Å². The molecule has 0 saturated heterocycles. The van der Waals surface area contributed by atoms with E-state index in [0.717, 1.165) is 59.4 Å². The van der Waals surface area contributed by atoms with Crippen LogP contribution in [0.5, 0.6) is 11.5 Å². The van der Waals surface area contributed by atoms with Gasteiger partial charge in [0.2, 0.25) is 0 Å². The van der Waals surface area contributed by atoms with Crippen LogP contribution in [-0.2, 0) is 24.1 Å². The quantitative estimate of drug-likeness (QED) is 0.508. The zero-order valence-corrected chi connectivity index (χ0v) is 18.5. The molecule has 1 aliphatic rings. The summed E-state index contributed by atoms with van der Waals surface area (Å²) in [6.07, 6.45) is 6.22. The molecule has 4 rings (SSSR count). The molecule has 1 aliphatic heterocycles. The number of carbonyl (C=O) groups excluding carboxylic acids is 1. The van der Waals surface area contributed by atoms with Gasteiger partial charge in [-0.05, 0) is 55.2 Å². The number of methoxy groups -OCH3 is 2. The maximum atomic E-state index is 13.3. The third-order valence-corrected chi connectivity index (χ3v) is 5.78. The van der Waals surface area contributed by atoms with Gasteiger partial charge in [0.15, 0.2) is 11.5 Å². The predicted octanol–water partition coefficient (Wildman–Crippen LogP) is 4.92. The monoisotopic (exact) mass is 420 g/mol. The highest BCUT2D eigenvalue weighted by molar-refractivity contribution is 6.05. The molecule has 6 heteroatoms. The molecule has 0 unspecified atom stereocenters. The standard InChI is InChI=1S/C25H28N2O4/c1-5-7-19-22(16-8-11-26-12-9-16)23(25(28)31-6-2)24-18-15-21(30-4)20(29-3)14-17(18)10-13-27(19)24/h8-9,11-12,14-15H,5-7,10,13H2,1-4H3. The van der Waals surface area contributed by atoms with Crippen LogP contribution in [0.3, 0.4) is 0 Å². The summed E-state index contributed by atoms with van der Waals surface area (Å²) in [6.45, 7) is 5.11. The zero-order valence-electron chi connectivity index (χ0n) is 18.5. The van der Waals surface area contributed by atoms with Gasteiger partial charge in [0, 0.05) is 35.8 Å². The molecule has 0 spiro atoms. The lowest BCUT2D eigenvalue weighted by atomic mass is 9.93. The average Bonchev–Trinajstić information content (AvgIpc) is 3.13. The molecule has 0 N–H and O–H groups in total. The molecular formula is C25H28N2O4. The number of carbonyl (C=O) groups is 1. The lowest BCUT2D eigenvalue weighted by Crippen LogP contribution is -2.15. The van der Waals surface area contributed by atoms with Gasteiger partial charge in [0.25, 0.3) is 0 Å². The summed E-state index contributed by atoms with van der Waals surface area (Å²) >= 11 is 0. The molecule has 0 bridgehead atoms. The van der Waals surface area contributed by atoms with Crippen LogP contribution < -0.4 is 9.47 Å². The Labute approximate surface area is 182 Å². The number of hydrogen-bond acceptors (Lipinski definition) is 5. The molecule has 0 atom stereocenters. The first-order valence-corrected chi connectivity index (χ1v) is 10.7. The van der Waals surface area contributed by atoms with Crippen molar-refractivity contribution in [1.82, 2.24) is 9.55 Å². The summed E-state index contributed by atoms with van der Waals surface area (Å²) in [4.78, 5) is 17.5. The molecular weight excluding hydrogens is 392 g/mol. The Hall–Kier alpha value is -3.28. The Morgan fingerprint density at radius 3 is 2.45 bits per heavy atom. The van der Waals surface area contributed by atoms with Crippen LogP contribution in [-0.4, -0.2) is 36.3 Å². The van der Waals surface area contributed by atoms with E-state index in [4.69, 9.17) is 14.2 Å². The number of ether oxygens (including phenoxy) is 3. The van der Waals surface area contributed by atoms with Crippen molar-refractivity contribution in [1.29, 1.82) is 0 Å². The number of esters is 1. The fourth-order valence-corrected chi connectivity index (χ4v) is 4.50. The number of hydrogen-bond donors (Lipinski definition) is 0. The summed E-state index contributed by atoms with van der Waals surface area (Å²) in [5.74, 6) is 1.04. The summed E-state index contributed by atoms with van der Waals surface area (Å²) in [5, 5.41) is 0. The van der Waals surface area contributed by atoms with E-state index in [-0.39, 0.29) is 5.97 Å². The van der Waals surface area contributed by atoms with Crippen molar-refractivity contribution in [3.8, 4) is 33.9 Å². The van der Waals surface area contributed by atoms with Crippen molar-refractivity contribution in [2.24, 2.45) is 0 Å². The first-order chi connectivity index (χ1) is 15.1. The molecule has 3 heterocycles. The normalized spacial score (nSPS) is 12.1. The van der Waals surface area contributed by atoms with Crippen LogP contribution >= 0.6 is 0 Å². The fraction of sp³-hybridized carbons (Fsp3) is 0.360. The highest BCUT2D eigenvalue weighted by Crippen LogP contribution is 2.45. The first kappa shape index (κ1) is 21.0. The number of aromatic nitrogens is 2. The highest BCUT2D eigenvalue weighted by atomic mass is 16.5. The first-order valence-electron chi connectivity index (χ1n) is 10.7. The Morgan fingerprint density at radius 1 is 1.10 bits per heavy atom. The Bertz CT molecular complexity index is 1100. The average molecular weight is 421 g/mol. The van der Waals surface area contributed by atoms with Crippen molar-refractivity contribution in [2.45, 2.75) is 39.7 Å². The predicted molar refractivity (Wildman–Crippen MR) is 120 cm³/mol. The molecule has 2 aromatic heterocycles. The van der Waals surface area contributed by atoms with E-state index in [9.17, 15) is 4.79 Å². The maximum absolute atomic E-state index is 13.3. The van der Waals surface area contributed by atoms with E-state index in [0.29, 0.717) is 23.7 Å². The van der Waals surface area contributed by atoms with E-state index in [1.54, 1.807) is 26.6 Å². The van der Waals surface area contributed by atoms with Gasteiger partial charge < -0.3 is 18.8 Å². The van der Waals surface area contributed by atoms with Gasteiger partial charge >= 0.3 is 5.97 Å². The van der Waals surface area contributed by atoms with E-state index in [2.05, 4.69) is 16.5 Å². The van der Waals surface area contributed by atoms with Gasteiger partial charge in [0.1, 0.15) is 0 Å². The molecule has 0 saturated carbocycles. The minimum absolute atomic E-state index is 0.303. The van der Waals surface area contributed by atoms with E-state index in [1.165, 1.54) is 0 Å². The minimum Gasteiger partial charge on any atom is -0.493 e. The van der Waals surface area contributed by atoms with Crippen LogP contribution in [0.1, 0.15) is 41.9 Å². The second-order valence-corrected chi connectivity index (χ2v) is 7.52. The van der Waals surface area contributed by atoms with Crippen molar-refractivity contribution >= 4 is 5.97 Å². The minimum atomic E-state index is -0.303. The molecule has 6 nitrogen and oxygen atoms in total. The smallest absolute Gasteiger partial charge is 0.340 e. The topological polar surface area (TPSA) is 62.6 Å². The van der Waals surface area contributed by atoms with Crippen LogP contribution in [0, 0.1) is 0 Å². The molecule has 0 fully saturated rings. The number of rotatable bonds is 7. The van der Waals surface area contributed by atoms with E-state index < -0.39 is 0 Å². The van der Waals surface area contributed by atoms with Crippen molar-refractivity contribution < 1.29 is 19.0 Å². The summed E-state index contributed by atoms with van der Waals surface area (Å²) in [7, 11) is 3.27. The highest BCUT2D eigenvalue weighted by Gasteiger charge is 2.33. The zero-order chi connectivity index (χ0) is 22.0. The summed E-state index contributed by atoms with van der Waals surface area (Å²) in [6, 6.07) is 7.91. The Balaban J connectivity index is 2.07. The van der Waals surface area contributed by atoms with Gasteiger partial charge in [-0.2, -0.15) is 0 Å². The van der Waals surface area contributed by atoms with E-state index >= 15 is 0 Å². The number of pyridine rings is 1. The van der Waals surface area contributed by atoms with Crippen LogP contribution in [0.2, 0.25) is 0 Å². The van der Waals surface area contributed by atoms with Gasteiger partial charge in [-0.3, -0.25) is 4.98 Å². The molecule has 3 aromatic rings. The lowest BCUT2D eigenvalue weighted by Gasteiger charge is -2.24. The second kappa shape index (κ2) is 8.84. The van der Waals surface area contributed by atoms with E-state index in [1.807, 2.05) is 31.2 Å². The number of nitrogens with zero attached hydrogens (tertiary/aromatic N) is 2. The maximum Gasteiger partial charge on any atom is 0.340 e. The number of benzene rings is 1. The third-order valence-electron chi connectivity index (χ3n) is 5.78. The third kappa shape index (κ3) is 3.56. The number of fused-ring (bicyclic) bond motifs is 3.